The predicted octanol–water partition coefficient (Wildman–Crippen LogP) is 2.90. The van der Waals surface area contributed by atoms with Crippen molar-refractivity contribution in [1.82, 2.24) is 14.8 Å². The molecule has 136 valence electrons. The highest BCUT2D eigenvalue weighted by molar-refractivity contribution is 7.98. The summed E-state index contributed by atoms with van der Waals surface area (Å²) in [5.41, 5.74) is 1.79. The Morgan fingerprint density at radius 2 is 2.15 bits per heavy atom. The highest BCUT2D eigenvalue weighted by Gasteiger charge is 2.42. The van der Waals surface area contributed by atoms with Crippen molar-refractivity contribution in [2.45, 2.75) is 24.0 Å². The van der Waals surface area contributed by atoms with E-state index < -0.39 is 0 Å². The standard InChI is InChI=1S/C18H20N4O3S/c1-24-10-7-8-11(14(9-10)25-2)16-15-12(5-4-6-13(15)23)19-17-20-18(26-3)21-22(16)17/h5,7-9,15-16H,4,6H2,1-3H3,(H,19,20,21)/t15-,16-/m1/s1. The van der Waals surface area contributed by atoms with Gasteiger partial charge in [-0.15, -0.1) is 5.10 Å². The Morgan fingerprint density at radius 1 is 1.31 bits per heavy atom. The van der Waals surface area contributed by atoms with Gasteiger partial charge in [0.15, 0.2) is 0 Å². The summed E-state index contributed by atoms with van der Waals surface area (Å²) in [4.78, 5) is 17.3. The van der Waals surface area contributed by atoms with E-state index in [1.807, 2.05) is 24.5 Å². The van der Waals surface area contributed by atoms with Crippen molar-refractivity contribution in [2.75, 3.05) is 25.8 Å². The molecule has 0 saturated carbocycles. The lowest BCUT2D eigenvalue weighted by Crippen LogP contribution is -2.38. The molecule has 2 aliphatic rings. The summed E-state index contributed by atoms with van der Waals surface area (Å²) in [5, 5.41) is 8.57. The number of hydrogen-bond acceptors (Lipinski definition) is 7. The summed E-state index contributed by atoms with van der Waals surface area (Å²) in [5.74, 6) is 1.89. The average molecular weight is 372 g/mol. The van der Waals surface area contributed by atoms with Gasteiger partial charge in [0, 0.05) is 23.7 Å². The third-order valence-corrected chi connectivity index (χ3v) is 5.36. The third kappa shape index (κ3) is 2.65. The van der Waals surface area contributed by atoms with Crippen LogP contribution in [0.3, 0.4) is 0 Å². The van der Waals surface area contributed by atoms with Crippen LogP contribution < -0.4 is 14.8 Å². The number of ketones is 1. The first kappa shape index (κ1) is 17.0. The predicted molar refractivity (Wildman–Crippen MR) is 98.9 cm³/mol. The fourth-order valence-corrected chi connectivity index (χ4v) is 3.96. The smallest absolute Gasteiger partial charge is 0.227 e. The maximum atomic E-state index is 12.8. The second kappa shape index (κ2) is 6.68. The van der Waals surface area contributed by atoms with Crippen LogP contribution in [0.5, 0.6) is 11.5 Å². The Labute approximate surface area is 155 Å². The first-order valence-electron chi connectivity index (χ1n) is 8.38. The molecule has 0 unspecified atom stereocenters. The lowest BCUT2D eigenvalue weighted by molar-refractivity contribution is -0.123. The number of thioether (sulfide) groups is 1. The number of allylic oxidation sites excluding steroid dienone is 2. The first-order chi connectivity index (χ1) is 12.7. The molecular formula is C18H20N4O3S. The minimum Gasteiger partial charge on any atom is -0.497 e. The number of hydrogen-bond donors (Lipinski definition) is 1. The zero-order valence-electron chi connectivity index (χ0n) is 14.9. The van der Waals surface area contributed by atoms with Crippen molar-refractivity contribution in [3.63, 3.8) is 0 Å². The number of aromatic nitrogens is 3. The molecule has 2 atom stereocenters. The van der Waals surface area contributed by atoms with E-state index in [-0.39, 0.29) is 17.7 Å². The monoisotopic (exact) mass is 372 g/mol. The van der Waals surface area contributed by atoms with Crippen molar-refractivity contribution < 1.29 is 14.3 Å². The summed E-state index contributed by atoms with van der Waals surface area (Å²) in [6, 6.07) is 5.35. The van der Waals surface area contributed by atoms with Crippen LogP contribution >= 0.6 is 11.8 Å². The molecule has 1 aliphatic heterocycles. The van der Waals surface area contributed by atoms with Crippen molar-refractivity contribution >= 4 is 23.5 Å². The van der Waals surface area contributed by atoms with E-state index in [4.69, 9.17) is 9.47 Å². The van der Waals surface area contributed by atoms with Crippen molar-refractivity contribution in [2.24, 2.45) is 5.92 Å². The van der Waals surface area contributed by atoms with Crippen molar-refractivity contribution in [1.29, 1.82) is 0 Å². The van der Waals surface area contributed by atoms with Gasteiger partial charge in [0.2, 0.25) is 11.1 Å². The molecule has 2 heterocycles. The molecular weight excluding hydrogens is 352 g/mol. The van der Waals surface area contributed by atoms with Gasteiger partial charge in [-0.25, -0.2) is 4.68 Å². The summed E-state index contributed by atoms with van der Waals surface area (Å²) in [6.45, 7) is 0. The molecule has 26 heavy (non-hydrogen) atoms. The Balaban J connectivity index is 1.92. The van der Waals surface area contributed by atoms with E-state index in [0.29, 0.717) is 29.0 Å². The van der Waals surface area contributed by atoms with Crippen LogP contribution in [0.2, 0.25) is 0 Å². The van der Waals surface area contributed by atoms with Gasteiger partial charge in [-0.05, 0) is 24.8 Å². The second-order valence-electron chi connectivity index (χ2n) is 6.19. The molecule has 1 aromatic carbocycles. The van der Waals surface area contributed by atoms with E-state index in [9.17, 15) is 4.79 Å². The SMILES string of the molecule is COc1ccc([C@@H]2[C@H]3C(=O)CCC=C3Nc3nc(SC)nn32)c(OC)c1. The molecule has 1 aromatic heterocycles. The lowest BCUT2D eigenvalue weighted by atomic mass is 9.80. The average Bonchev–Trinajstić information content (AvgIpc) is 3.09. The minimum absolute atomic E-state index is 0.199. The maximum absolute atomic E-state index is 12.8. The Hall–Kier alpha value is -2.48. The number of benzene rings is 1. The number of Topliss-reactive ketones (excluding diaryl/α,β-unsaturated/α-hetero) is 1. The molecule has 0 spiro atoms. The van der Waals surface area contributed by atoms with Crippen LogP contribution in [-0.4, -0.2) is 41.0 Å². The number of methoxy groups -OCH3 is 2. The Morgan fingerprint density at radius 3 is 2.88 bits per heavy atom. The summed E-state index contributed by atoms with van der Waals surface area (Å²) in [6.07, 6.45) is 5.30. The van der Waals surface area contributed by atoms with Crippen LogP contribution in [-0.2, 0) is 4.79 Å². The van der Waals surface area contributed by atoms with Crippen LogP contribution in [0.25, 0.3) is 0 Å². The highest BCUT2D eigenvalue weighted by Crippen LogP contribution is 2.45. The third-order valence-electron chi connectivity index (χ3n) is 4.83. The zero-order chi connectivity index (χ0) is 18.3. The van der Waals surface area contributed by atoms with Crippen LogP contribution in [0, 0.1) is 5.92 Å². The van der Waals surface area contributed by atoms with E-state index in [0.717, 1.165) is 17.7 Å². The highest BCUT2D eigenvalue weighted by atomic mass is 32.2. The molecule has 4 rings (SSSR count). The van der Waals surface area contributed by atoms with Gasteiger partial charge in [-0.2, -0.15) is 4.98 Å². The number of carbonyl (C=O) groups excluding carboxylic acids is 1. The van der Waals surface area contributed by atoms with Gasteiger partial charge in [-0.3, -0.25) is 4.79 Å². The number of nitrogens with zero attached hydrogens (tertiary/aromatic N) is 3. The quantitative estimate of drug-likeness (QED) is 0.827. The normalized spacial score (nSPS) is 21.3. The molecule has 0 saturated heterocycles. The number of carbonyl (C=O) groups is 1. The fraction of sp³-hybridized carbons (Fsp3) is 0.389. The summed E-state index contributed by atoms with van der Waals surface area (Å²) in [7, 11) is 3.24. The molecule has 1 N–H and O–H groups in total. The number of ether oxygens (including phenoxy) is 2. The van der Waals surface area contributed by atoms with Crippen LogP contribution in [0.15, 0.2) is 35.1 Å². The van der Waals surface area contributed by atoms with Gasteiger partial charge >= 0.3 is 0 Å². The maximum Gasteiger partial charge on any atom is 0.227 e. The first-order valence-corrected chi connectivity index (χ1v) is 9.61. The molecule has 2 aromatic rings. The van der Waals surface area contributed by atoms with E-state index in [1.54, 1.807) is 18.9 Å². The fourth-order valence-electron chi connectivity index (χ4n) is 3.61. The number of fused-ring (bicyclic) bond motifs is 2. The van der Waals surface area contributed by atoms with Gasteiger partial charge in [0.1, 0.15) is 17.3 Å². The second-order valence-corrected chi connectivity index (χ2v) is 6.96. The van der Waals surface area contributed by atoms with Gasteiger partial charge in [0.25, 0.3) is 0 Å². The molecule has 0 amide bonds. The molecule has 7 nitrogen and oxygen atoms in total. The topological polar surface area (TPSA) is 78.3 Å². The molecule has 0 fully saturated rings. The Bertz CT molecular complexity index is 893. The zero-order valence-corrected chi connectivity index (χ0v) is 15.7. The minimum atomic E-state index is -0.324. The summed E-state index contributed by atoms with van der Waals surface area (Å²) >= 11 is 1.47. The molecule has 8 heteroatoms. The van der Waals surface area contributed by atoms with Gasteiger partial charge in [-0.1, -0.05) is 17.8 Å². The van der Waals surface area contributed by atoms with Crippen LogP contribution in [0.4, 0.5) is 5.95 Å². The van der Waals surface area contributed by atoms with E-state index in [2.05, 4.69) is 21.5 Å². The van der Waals surface area contributed by atoms with E-state index in [1.165, 1.54) is 11.8 Å². The van der Waals surface area contributed by atoms with Crippen molar-refractivity contribution in [3.8, 4) is 11.5 Å². The molecule has 0 radical (unpaired) electrons. The van der Waals surface area contributed by atoms with Gasteiger partial charge < -0.3 is 14.8 Å². The molecule has 0 bridgehead atoms. The van der Waals surface area contributed by atoms with E-state index >= 15 is 0 Å². The largest absolute Gasteiger partial charge is 0.497 e. The van der Waals surface area contributed by atoms with Crippen molar-refractivity contribution in [3.05, 3.63) is 35.5 Å². The molecule has 1 aliphatic carbocycles. The lowest BCUT2D eigenvalue weighted by Gasteiger charge is -2.36. The summed E-state index contributed by atoms with van der Waals surface area (Å²) < 4.78 is 12.7. The van der Waals surface area contributed by atoms with Gasteiger partial charge in [0.05, 0.1) is 26.2 Å². The Kier molecular flexibility index (Phi) is 4.36. The number of nitrogens with one attached hydrogen (secondary N) is 1. The number of anilines is 1. The van der Waals surface area contributed by atoms with Crippen LogP contribution in [0.1, 0.15) is 24.4 Å². The number of rotatable bonds is 4.